The largest absolute Gasteiger partial charge is 0.457 e. The molecule has 6 aromatic rings. The molecule has 0 aliphatic carbocycles. The van der Waals surface area contributed by atoms with Gasteiger partial charge in [-0.3, -0.25) is 24.8 Å². The molecule has 0 spiro atoms. The first-order chi connectivity index (χ1) is 23.8. The predicted octanol–water partition coefficient (Wildman–Crippen LogP) is 10.6. The minimum Gasteiger partial charge on any atom is -0.457 e. The third-order valence-electron chi connectivity index (χ3n) is 7.42. The number of non-ortho nitro benzene ring substituents is 2. The second-order valence-corrected chi connectivity index (χ2v) is 12.4. The minimum absolute atomic E-state index is 0.0879. The number of rotatable bonds is 7. The molecule has 1 aliphatic rings. The maximum atomic E-state index is 15.4. The number of hydrogen-bond donors (Lipinski definition) is 0. The normalized spacial score (nSPS) is 14.0. The van der Waals surface area contributed by atoms with Crippen LogP contribution >= 0.6 is 7.37 Å². The smallest absolute Gasteiger partial charge is 0.311 e. The summed E-state index contributed by atoms with van der Waals surface area (Å²) in [5.41, 5.74) is 1.35. The van der Waals surface area contributed by atoms with E-state index in [0.717, 1.165) is 11.1 Å². The molecule has 6 aromatic carbocycles. The zero-order valence-corrected chi connectivity index (χ0v) is 28.1. The van der Waals surface area contributed by atoms with Gasteiger partial charge in [0.05, 0.1) is 20.5 Å². The molecule has 0 bridgehead atoms. The minimum atomic E-state index is -3.95. The van der Waals surface area contributed by atoms with E-state index in [9.17, 15) is 20.2 Å². The summed E-state index contributed by atoms with van der Waals surface area (Å²) in [6.45, 7) is 8.00. The van der Waals surface area contributed by atoms with Crippen LogP contribution in [0.2, 0.25) is 0 Å². The van der Waals surface area contributed by atoms with Crippen LogP contribution in [-0.2, 0) is 4.57 Å². The number of nitrogens with zero attached hydrogens (tertiary/aromatic N) is 2. The summed E-state index contributed by atoms with van der Waals surface area (Å²) in [5, 5.41) is 24.3. The number of para-hydroxylation sites is 1. The number of benzene rings is 6. The molecule has 0 saturated heterocycles. The van der Waals surface area contributed by atoms with Gasteiger partial charge in [0, 0.05) is 40.6 Å². The SMILES string of the molecule is CC.CC.O=[N+]([O-])c1ccc(Oc2cc(P3(=O)Oc4ccccc4-c4ccccc43)c(Oc3ccc([N+](=O)[O-])cc3)c3ccccc23)cc1. The Morgan fingerprint density at radius 1 is 0.571 bits per heavy atom. The summed E-state index contributed by atoms with van der Waals surface area (Å²) >= 11 is 0. The van der Waals surface area contributed by atoms with Gasteiger partial charge in [-0.25, -0.2) is 0 Å². The monoisotopic (exact) mass is 676 g/mol. The second-order valence-electron chi connectivity index (χ2n) is 10.1. The highest BCUT2D eigenvalue weighted by Crippen LogP contribution is 2.57. The third-order valence-corrected chi connectivity index (χ3v) is 9.87. The summed E-state index contributed by atoms with van der Waals surface area (Å²) in [6.07, 6.45) is 0. The van der Waals surface area contributed by atoms with E-state index >= 15 is 4.57 Å². The Morgan fingerprint density at radius 2 is 1.06 bits per heavy atom. The van der Waals surface area contributed by atoms with E-state index in [2.05, 4.69) is 0 Å². The van der Waals surface area contributed by atoms with Gasteiger partial charge in [-0.15, -0.1) is 0 Å². The maximum Gasteiger partial charge on any atom is 0.311 e. The lowest BCUT2D eigenvalue weighted by molar-refractivity contribution is -0.385. The van der Waals surface area contributed by atoms with Crippen LogP contribution in [0.15, 0.2) is 127 Å². The fourth-order valence-corrected chi connectivity index (χ4v) is 7.73. The van der Waals surface area contributed by atoms with Crippen LogP contribution in [-0.4, -0.2) is 9.85 Å². The fraction of sp³-hybridized carbons (Fsp3) is 0.105. The molecule has 248 valence electrons. The fourth-order valence-electron chi connectivity index (χ4n) is 5.32. The Labute approximate surface area is 283 Å². The third kappa shape index (κ3) is 6.72. The molecule has 0 radical (unpaired) electrons. The zero-order valence-electron chi connectivity index (χ0n) is 27.2. The van der Waals surface area contributed by atoms with Gasteiger partial charge in [0.15, 0.2) is 0 Å². The van der Waals surface area contributed by atoms with Gasteiger partial charge in [0.2, 0.25) is 0 Å². The van der Waals surface area contributed by atoms with Crippen molar-refractivity contribution >= 4 is 40.1 Å². The van der Waals surface area contributed by atoms with Crippen LogP contribution in [0.5, 0.6) is 28.7 Å². The lowest BCUT2D eigenvalue weighted by Gasteiger charge is -2.30. The second kappa shape index (κ2) is 14.8. The van der Waals surface area contributed by atoms with Gasteiger partial charge in [-0.2, -0.15) is 0 Å². The van der Waals surface area contributed by atoms with Crippen LogP contribution in [0, 0.1) is 20.2 Å². The van der Waals surface area contributed by atoms with Gasteiger partial charge >= 0.3 is 7.37 Å². The first-order valence-corrected chi connectivity index (χ1v) is 17.3. The van der Waals surface area contributed by atoms with Crippen LogP contribution < -0.4 is 24.6 Å². The quantitative estimate of drug-likeness (QED) is 0.0927. The lowest BCUT2D eigenvalue weighted by Crippen LogP contribution is -2.26. The summed E-state index contributed by atoms with van der Waals surface area (Å²) < 4.78 is 34.5. The van der Waals surface area contributed by atoms with E-state index in [1.54, 1.807) is 42.5 Å². The molecular formula is C38H33N2O8P. The average molecular weight is 677 g/mol. The number of fused-ring (bicyclic) bond motifs is 4. The molecule has 0 fully saturated rings. The van der Waals surface area contributed by atoms with E-state index < -0.39 is 17.2 Å². The number of hydrogen-bond acceptors (Lipinski definition) is 8. The lowest BCUT2D eigenvalue weighted by atomic mass is 10.0. The van der Waals surface area contributed by atoms with Crippen molar-refractivity contribution in [2.75, 3.05) is 0 Å². The van der Waals surface area contributed by atoms with Crippen molar-refractivity contribution in [3.63, 3.8) is 0 Å². The number of ether oxygens (including phenoxy) is 2. The van der Waals surface area contributed by atoms with E-state index in [1.807, 2.05) is 64.1 Å². The summed E-state index contributed by atoms with van der Waals surface area (Å²) in [7, 11) is -3.95. The number of nitro groups is 2. The molecule has 1 aliphatic heterocycles. The maximum absolute atomic E-state index is 15.4. The van der Waals surface area contributed by atoms with Crippen molar-refractivity contribution in [3.8, 4) is 39.9 Å². The molecule has 1 unspecified atom stereocenters. The highest BCUT2D eigenvalue weighted by atomic mass is 31.2. The summed E-state index contributed by atoms with van der Waals surface area (Å²) in [5.74, 6) is 1.60. The first kappa shape index (κ1) is 34.3. The molecule has 0 aromatic heterocycles. The van der Waals surface area contributed by atoms with Crippen LogP contribution in [0.3, 0.4) is 0 Å². The molecule has 1 heterocycles. The Hall–Kier alpha value is -5.99. The van der Waals surface area contributed by atoms with Crippen molar-refractivity contribution in [1.82, 2.24) is 0 Å². The van der Waals surface area contributed by atoms with Crippen LogP contribution in [0.1, 0.15) is 27.7 Å². The molecule has 1 atom stereocenters. The van der Waals surface area contributed by atoms with Crippen LogP contribution in [0.4, 0.5) is 11.4 Å². The topological polar surface area (TPSA) is 131 Å². The molecule has 0 amide bonds. The Balaban J connectivity index is 0.00000113. The van der Waals surface area contributed by atoms with E-state index in [0.29, 0.717) is 33.3 Å². The van der Waals surface area contributed by atoms with E-state index in [4.69, 9.17) is 14.0 Å². The molecular weight excluding hydrogens is 643 g/mol. The highest BCUT2D eigenvalue weighted by molar-refractivity contribution is 7.75. The van der Waals surface area contributed by atoms with Crippen molar-refractivity contribution in [3.05, 3.63) is 148 Å². The van der Waals surface area contributed by atoms with Gasteiger partial charge < -0.3 is 14.0 Å². The zero-order chi connectivity index (χ0) is 35.1. The van der Waals surface area contributed by atoms with Crippen LogP contribution in [0.25, 0.3) is 21.9 Å². The average Bonchev–Trinajstić information content (AvgIpc) is 3.14. The molecule has 11 heteroatoms. The Bertz CT molecular complexity index is 2180. The molecule has 7 rings (SSSR count). The summed E-state index contributed by atoms with van der Waals surface area (Å²) in [4.78, 5) is 21.5. The van der Waals surface area contributed by atoms with Crippen molar-refractivity contribution in [1.29, 1.82) is 0 Å². The first-order valence-electron chi connectivity index (χ1n) is 15.7. The molecule has 0 saturated carbocycles. The van der Waals surface area contributed by atoms with Gasteiger partial charge in [-0.05, 0) is 48.0 Å². The Kier molecular flexibility index (Phi) is 10.4. The van der Waals surface area contributed by atoms with Gasteiger partial charge in [0.25, 0.3) is 11.4 Å². The standard InChI is InChI=1S/C34H21N2O8P.2C2H6/c37-35(38)22-13-17-24(18-14-22)42-31-21-33(45(41)32-12-6-4-9-28(32)26-7-3-5-11-30(26)44-45)34(29-10-2-1-8-27(29)31)43-25-19-15-23(16-20-25)36(39)40;2*1-2/h1-21H;2*1-2H3. The predicted molar refractivity (Wildman–Crippen MR) is 192 cm³/mol. The van der Waals surface area contributed by atoms with E-state index in [-0.39, 0.29) is 28.2 Å². The van der Waals surface area contributed by atoms with Crippen molar-refractivity contribution in [2.45, 2.75) is 27.7 Å². The molecule has 49 heavy (non-hydrogen) atoms. The van der Waals surface area contributed by atoms with Crippen molar-refractivity contribution in [2.24, 2.45) is 0 Å². The van der Waals surface area contributed by atoms with Gasteiger partial charge in [-0.1, -0.05) is 88.4 Å². The number of nitro benzene ring substituents is 2. The van der Waals surface area contributed by atoms with E-state index in [1.165, 1.54) is 48.5 Å². The highest BCUT2D eigenvalue weighted by Gasteiger charge is 2.41. The molecule has 10 nitrogen and oxygen atoms in total. The van der Waals surface area contributed by atoms with Gasteiger partial charge in [0.1, 0.15) is 28.7 Å². The molecule has 0 N–H and O–H groups in total. The summed E-state index contributed by atoms with van der Waals surface area (Å²) in [6, 6.07) is 34.7. The Morgan fingerprint density at radius 3 is 1.65 bits per heavy atom. The van der Waals surface area contributed by atoms with Crippen molar-refractivity contribution < 1.29 is 28.4 Å².